The third-order valence-corrected chi connectivity index (χ3v) is 4.76. The Hall–Kier alpha value is -2.09. The highest BCUT2D eigenvalue weighted by Gasteiger charge is 2.20. The fourth-order valence-corrected chi connectivity index (χ4v) is 3.09. The summed E-state index contributed by atoms with van der Waals surface area (Å²) in [5.41, 5.74) is 1.14. The molecule has 25 heavy (non-hydrogen) atoms. The number of carbonyl (C=O) groups excluding carboxylic acids is 1. The molecule has 1 unspecified atom stereocenters. The van der Waals surface area contributed by atoms with E-state index >= 15 is 0 Å². The van der Waals surface area contributed by atoms with Gasteiger partial charge in [0.15, 0.2) is 0 Å². The van der Waals surface area contributed by atoms with Gasteiger partial charge in [0.05, 0.1) is 21.0 Å². The quantitative estimate of drug-likeness (QED) is 0.638. The molecule has 9 heteroatoms. The van der Waals surface area contributed by atoms with Crippen molar-refractivity contribution in [1.29, 1.82) is 0 Å². The zero-order valence-corrected chi connectivity index (χ0v) is 15.3. The summed E-state index contributed by atoms with van der Waals surface area (Å²) in [4.78, 5) is 16.3. The van der Waals surface area contributed by atoms with Crippen molar-refractivity contribution in [1.82, 2.24) is 15.2 Å². The van der Waals surface area contributed by atoms with Crippen LogP contribution in [-0.2, 0) is 4.79 Å². The number of hydrogen-bond donors (Lipinski definition) is 1. The summed E-state index contributed by atoms with van der Waals surface area (Å²) in [5, 5.41) is 11.2. The van der Waals surface area contributed by atoms with Crippen LogP contribution in [0.2, 0.25) is 10.0 Å². The maximum absolute atomic E-state index is 12.4. The molecule has 0 aliphatic rings. The molecule has 0 radical (unpaired) electrons. The SMILES string of the molecule is CC(Sc1nnc(-c2ccncc2)o1)C(=O)Nc1c(Cl)cccc1Cl. The summed E-state index contributed by atoms with van der Waals surface area (Å²) < 4.78 is 5.57. The molecular weight excluding hydrogens is 383 g/mol. The Morgan fingerprint density at radius 2 is 1.84 bits per heavy atom. The van der Waals surface area contributed by atoms with Gasteiger partial charge in [-0.3, -0.25) is 9.78 Å². The van der Waals surface area contributed by atoms with Crippen molar-refractivity contribution < 1.29 is 9.21 Å². The fraction of sp³-hybridized carbons (Fsp3) is 0.125. The number of amides is 1. The van der Waals surface area contributed by atoms with E-state index in [0.29, 0.717) is 26.8 Å². The zero-order valence-electron chi connectivity index (χ0n) is 12.9. The molecule has 1 aromatic carbocycles. The summed E-state index contributed by atoms with van der Waals surface area (Å²) in [7, 11) is 0. The molecular formula is C16H12Cl2N4O2S. The van der Waals surface area contributed by atoms with Crippen molar-refractivity contribution in [3.05, 3.63) is 52.8 Å². The molecule has 128 valence electrons. The number of para-hydroxylation sites is 1. The molecule has 0 saturated heterocycles. The van der Waals surface area contributed by atoms with Crippen LogP contribution in [0.5, 0.6) is 0 Å². The second kappa shape index (κ2) is 7.86. The molecule has 0 fully saturated rings. The van der Waals surface area contributed by atoms with Crippen molar-refractivity contribution in [3.63, 3.8) is 0 Å². The predicted molar refractivity (Wildman–Crippen MR) is 97.9 cm³/mol. The van der Waals surface area contributed by atoms with Gasteiger partial charge in [-0.15, -0.1) is 10.2 Å². The number of aromatic nitrogens is 3. The number of carbonyl (C=O) groups is 1. The van der Waals surface area contributed by atoms with Gasteiger partial charge in [-0.05, 0) is 31.2 Å². The van der Waals surface area contributed by atoms with Gasteiger partial charge in [-0.2, -0.15) is 0 Å². The Balaban J connectivity index is 1.67. The lowest BCUT2D eigenvalue weighted by molar-refractivity contribution is -0.115. The first kappa shape index (κ1) is 17.7. The van der Waals surface area contributed by atoms with Crippen LogP contribution in [0.25, 0.3) is 11.5 Å². The van der Waals surface area contributed by atoms with Crippen LogP contribution in [0.3, 0.4) is 0 Å². The number of rotatable bonds is 5. The standard InChI is InChI=1S/C16H12Cl2N4O2S/c1-9(14(23)20-13-11(17)3-2-4-12(13)18)25-16-22-21-15(24-16)10-5-7-19-8-6-10/h2-9H,1H3,(H,20,23). The molecule has 0 saturated carbocycles. The number of thioether (sulfide) groups is 1. The molecule has 0 bridgehead atoms. The van der Waals surface area contributed by atoms with E-state index in [9.17, 15) is 4.79 Å². The molecule has 2 aromatic heterocycles. The summed E-state index contributed by atoms with van der Waals surface area (Å²) in [6, 6.07) is 8.53. The fourth-order valence-electron chi connectivity index (χ4n) is 1.92. The average molecular weight is 395 g/mol. The summed E-state index contributed by atoms with van der Waals surface area (Å²) >= 11 is 13.3. The normalized spacial score (nSPS) is 12.0. The second-order valence-corrected chi connectivity index (χ2v) is 7.06. The number of halogens is 2. The van der Waals surface area contributed by atoms with Gasteiger partial charge in [-0.25, -0.2) is 0 Å². The molecule has 0 aliphatic carbocycles. The molecule has 1 atom stereocenters. The van der Waals surface area contributed by atoms with Crippen molar-refractivity contribution in [2.24, 2.45) is 0 Å². The highest BCUT2D eigenvalue weighted by molar-refractivity contribution is 8.00. The van der Waals surface area contributed by atoms with E-state index in [1.165, 1.54) is 0 Å². The Morgan fingerprint density at radius 3 is 2.52 bits per heavy atom. The first-order chi connectivity index (χ1) is 12.0. The average Bonchev–Trinajstić information content (AvgIpc) is 3.07. The van der Waals surface area contributed by atoms with E-state index in [1.807, 2.05) is 0 Å². The van der Waals surface area contributed by atoms with Crippen LogP contribution < -0.4 is 5.32 Å². The van der Waals surface area contributed by atoms with Gasteiger partial charge in [0, 0.05) is 18.0 Å². The van der Waals surface area contributed by atoms with E-state index in [4.69, 9.17) is 27.6 Å². The van der Waals surface area contributed by atoms with E-state index in [2.05, 4.69) is 20.5 Å². The van der Waals surface area contributed by atoms with Gasteiger partial charge in [0.2, 0.25) is 11.8 Å². The highest BCUT2D eigenvalue weighted by Crippen LogP contribution is 2.31. The number of nitrogens with one attached hydrogen (secondary N) is 1. The van der Waals surface area contributed by atoms with Gasteiger partial charge in [0.1, 0.15) is 0 Å². The minimum Gasteiger partial charge on any atom is -0.411 e. The van der Waals surface area contributed by atoms with Crippen molar-refractivity contribution in [2.45, 2.75) is 17.4 Å². The smallest absolute Gasteiger partial charge is 0.277 e. The molecule has 1 N–H and O–H groups in total. The molecule has 0 aliphatic heterocycles. The number of nitrogens with zero attached hydrogens (tertiary/aromatic N) is 3. The number of benzene rings is 1. The predicted octanol–water partition coefficient (Wildman–Crippen LogP) is 4.56. The second-order valence-electron chi connectivity index (χ2n) is 4.95. The molecule has 3 aromatic rings. The number of pyridine rings is 1. The third kappa shape index (κ3) is 4.31. The Bertz CT molecular complexity index is 869. The lowest BCUT2D eigenvalue weighted by Gasteiger charge is -2.12. The number of hydrogen-bond acceptors (Lipinski definition) is 6. The lowest BCUT2D eigenvalue weighted by Crippen LogP contribution is -2.22. The first-order valence-corrected chi connectivity index (χ1v) is 8.83. The van der Waals surface area contributed by atoms with Crippen molar-refractivity contribution in [2.75, 3.05) is 5.32 Å². The van der Waals surface area contributed by atoms with E-state index in [0.717, 1.165) is 17.3 Å². The minimum absolute atomic E-state index is 0.274. The maximum Gasteiger partial charge on any atom is 0.277 e. The van der Waals surface area contributed by atoms with Crippen molar-refractivity contribution >= 4 is 46.6 Å². The monoisotopic (exact) mass is 394 g/mol. The highest BCUT2D eigenvalue weighted by atomic mass is 35.5. The van der Waals surface area contributed by atoms with Crippen LogP contribution in [0.1, 0.15) is 6.92 Å². The molecule has 0 spiro atoms. The van der Waals surface area contributed by atoms with E-state index in [1.54, 1.807) is 49.6 Å². The van der Waals surface area contributed by atoms with Crippen LogP contribution in [0, 0.1) is 0 Å². The van der Waals surface area contributed by atoms with Crippen LogP contribution >= 0.6 is 35.0 Å². The van der Waals surface area contributed by atoms with E-state index in [-0.39, 0.29) is 5.91 Å². The van der Waals surface area contributed by atoms with Crippen LogP contribution in [0.15, 0.2) is 52.4 Å². The molecule has 6 nitrogen and oxygen atoms in total. The topological polar surface area (TPSA) is 80.9 Å². The zero-order chi connectivity index (χ0) is 17.8. The summed E-state index contributed by atoms with van der Waals surface area (Å²) in [6.07, 6.45) is 3.27. The van der Waals surface area contributed by atoms with Gasteiger partial charge >= 0.3 is 0 Å². The Kier molecular flexibility index (Phi) is 5.57. The maximum atomic E-state index is 12.4. The largest absolute Gasteiger partial charge is 0.411 e. The van der Waals surface area contributed by atoms with Gasteiger partial charge in [-0.1, -0.05) is 41.0 Å². The van der Waals surface area contributed by atoms with Crippen molar-refractivity contribution in [3.8, 4) is 11.5 Å². The Labute approximate surface area is 158 Å². The van der Waals surface area contributed by atoms with Crippen LogP contribution in [0.4, 0.5) is 5.69 Å². The minimum atomic E-state index is -0.488. The first-order valence-electron chi connectivity index (χ1n) is 7.20. The molecule has 1 amide bonds. The Morgan fingerprint density at radius 1 is 1.16 bits per heavy atom. The molecule has 3 rings (SSSR count). The van der Waals surface area contributed by atoms with E-state index < -0.39 is 5.25 Å². The molecule has 2 heterocycles. The summed E-state index contributed by atoms with van der Waals surface area (Å²) in [6.45, 7) is 1.72. The third-order valence-electron chi connectivity index (χ3n) is 3.19. The van der Waals surface area contributed by atoms with Gasteiger partial charge in [0.25, 0.3) is 5.22 Å². The number of anilines is 1. The lowest BCUT2D eigenvalue weighted by atomic mass is 10.3. The van der Waals surface area contributed by atoms with Crippen LogP contribution in [-0.4, -0.2) is 26.3 Å². The van der Waals surface area contributed by atoms with Gasteiger partial charge < -0.3 is 9.73 Å². The summed E-state index contributed by atoms with van der Waals surface area (Å²) in [5.74, 6) is 0.0929.